The molecular formula is C17H29N3O3S. The van der Waals surface area contributed by atoms with Crippen LogP contribution in [0.2, 0.25) is 0 Å². The highest BCUT2D eigenvalue weighted by molar-refractivity contribution is 7.88. The van der Waals surface area contributed by atoms with Crippen LogP contribution in [0.25, 0.3) is 0 Å². The molecule has 136 valence electrons. The minimum atomic E-state index is -3.45. The third-order valence-corrected chi connectivity index (χ3v) is 4.66. The van der Waals surface area contributed by atoms with Crippen molar-refractivity contribution in [2.24, 2.45) is 0 Å². The van der Waals surface area contributed by atoms with Gasteiger partial charge in [0.15, 0.2) is 0 Å². The second kappa shape index (κ2) is 9.15. The highest BCUT2D eigenvalue weighted by atomic mass is 32.2. The van der Waals surface area contributed by atoms with E-state index in [1.54, 1.807) is 45.0 Å². The van der Waals surface area contributed by atoms with Crippen molar-refractivity contribution in [1.29, 1.82) is 0 Å². The van der Waals surface area contributed by atoms with Gasteiger partial charge in [0.2, 0.25) is 10.0 Å². The Hall–Kier alpha value is -1.44. The van der Waals surface area contributed by atoms with Crippen molar-refractivity contribution in [3.05, 3.63) is 35.4 Å². The fourth-order valence-corrected chi connectivity index (χ4v) is 3.82. The first-order chi connectivity index (χ1) is 11.1. The number of amides is 1. The molecule has 6 nitrogen and oxygen atoms in total. The van der Waals surface area contributed by atoms with Gasteiger partial charge in [-0.15, -0.1) is 0 Å². The van der Waals surface area contributed by atoms with Crippen LogP contribution in [0.1, 0.15) is 50.0 Å². The molecule has 0 saturated carbocycles. The van der Waals surface area contributed by atoms with Crippen LogP contribution < -0.4 is 15.4 Å². The van der Waals surface area contributed by atoms with Crippen molar-refractivity contribution in [3.8, 4) is 0 Å². The number of sulfonamides is 1. The van der Waals surface area contributed by atoms with Crippen LogP contribution in [-0.2, 0) is 15.8 Å². The molecule has 0 bridgehead atoms. The minimum Gasteiger partial charge on any atom is -0.351 e. The molecule has 0 spiro atoms. The monoisotopic (exact) mass is 355 g/mol. The zero-order valence-electron chi connectivity index (χ0n) is 15.0. The number of rotatable bonds is 9. The van der Waals surface area contributed by atoms with Crippen LogP contribution in [0.4, 0.5) is 0 Å². The first kappa shape index (κ1) is 20.6. The normalized spacial score (nSPS) is 12.2. The SMILES string of the molecule is CCCNCCNC(=O)c1cccc(CS(=O)(=O)NC(C)(C)C)c1. The molecule has 24 heavy (non-hydrogen) atoms. The van der Waals surface area contributed by atoms with E-state index in [-0.39, 0.29) is 11.7 Å². The zero-order chi connectivity index (χ0) is 18.2. The molecule has 1 amide bonds. The molecule has 7 heteroatoms. The fraction of sp³-hybridized carbons (Fsp3) is 0.588. The Morgan fingerprint density at radius 2 is 1.83 bits per heavy atom. The Balaban J connectivity index is 2.64. The van der Waals surface area contributed by atoms with Crippen molar-refractivity contribution in [3.63, 3.8) is 0 Å². The topological polar surface area (TPSA) is 87.3 Å². The van der Waals surface area contributed by atoms with Gasteiger partial charge in [0, 0.05) is 24.2 Å². The van der Waals surface area contributed by atoms with Crippen LogP contribution in [0, 0.1) is 0 Å². The summed E-state index contributed by atoms with van der Waals surface area (Å²) in [6.45, 7) is 9.63. The Morgan fingerprint density at radius 1 is 1.12 bits per heavy atom. The number of carbonyl (C=O) groups is 1. The summed E-state index contributed by atoms with van der Waals surface area (Å²) < 4.78 is 26.9. The van der Waals surface area contributed by atoms with Gasteiger partial charge in [0.25, 0.3) is 5.91 Å². The molecule has 1 aromatic carbocycles. The van der Waals surface area contributed by atoms with Crippen LogP contribution in [0.15, 0.2) is 24.3 Å². The summed E-state index contributed by atoms with van der Waals surface area (Å²) in [5.74, 6) is -0.347. The molecule has 1 rings (SSSR count). The zero-order valence-corrected chi connectivity index (χ0v) is 15.8. The third kappa shape index (κ3) is 8.42. The largest absolute Gasteiger partial charge is 0.351 e. The van der Waals surface area contributed by atoms with E-state index in [1.165, 1.54) is 0 Å². The predicted molar refractivity (Wildman–Crippen MR) is 97.4 cm³/mol. The van der Waals surface area contributed by atoms with Crippen molar-refractivity contribution in [2.75, 3.05) is 19.6 Å². The summed E-state index contributed by atoms with van der Waals surface area (Å²) in [5.41, 5.74) is 0.525. The van der Waals surface area contributed by atoms with E-state index in [4.69, 9.17) is 0 Å². The fourth-order valence-electron chi connectivity index (χ4n) is 2.19. The average Bonchev–Trinajstić information content (AvgIpc) is 2.44. The molecule has 0 atom stereocenters. The van der Waals surface area contributed by atoms with Gasteiger partial charge in [-0.05, 0) is 51.4 Å². The first-order valence-electron chi connectivity index (χ1n) is 8.22. The van der Waals surface area contributed by atoms with Gasteiger partial charge in [-0.1, -0.05) is 19.1 Å². The van der Waals surface area contributed by atoms with Gasteiger partial charge in [0.05, 0.1) is 5.75 Å². The van der Waals surface area contributed by atoms with E-state index in [1.807, 2.05) is 0 Å². The summed E-state index contributed by atoms with van der Waals surface area (Å²) in [6.07, 6.45) is 1.05. The Labute approximate surface area is 145 Å². The molecule has 0 fully saturated rings. The minimum absolute atomic E-state index is 0.149. The highest BCUT2D eigenvalue weighted by Gasteiger charge is 2.20. The maximum Gasteiger partial charge on any atom is 0.251 e. The predicted octanol–water partition coefficient (Wildman–Crippen LogP) is 1.63. The standard InChI is InChI=1S/C17H29N3O3S/c1-5-9-18-10-11-19-16(21)15-8-6-7-14(12-15)13-24(22,23)20-17(2,3)4/h6-8,12,18,20H,5,9-11,13H2,1-4H3,(H,19,21). The summed E-state index contributed by atoms with van der Waals surface area (Å²) in [5, 5.41) is 6.02. The van der Waals surface area contributed by atoms with Crippen molar-refractivity contribution in [1.82, 2.24) is 15.4 Å². The number of carbonyl (C=O) groups excluding carboxylic acids is 1. The lowest BCUT2D eigenvalue weighted by atomic mass is 10.1. The Bertz CT molecular complexity index is 637. The smallest absolute Gasteiger partial charge is 0.251 e. The maximum absolute atomic E-state index is 12.1. The van der Waals surface area contributed by atoms with Gasteiger partial charge in [-0.3, -0.25) is 4.79 Å². The van der Waals surface area contributed by atoms with E-state index < -0.39 is 15.6 Å². The molecule has 0 radical (unpaired) electrons. The summed E-state index contributed by atoms with van der Waals surface area (Å²) in [7, 11) is -3.45. The van der Waals surface area contributed by atoms with Crippen molar-refractivity contribution < 1.29 is 13.2 Å². The number of nitrogens with one attached hydrogen (secondary N) is 3. The molecular weight excluding hydrogens is 326 g/mol. The summed E-state index contributed by atoms with van der Waals surface area (Å²) in [4.78, 5) is 12.1. The average molecular weight is 356 g/mol. The van der Waals surface area contributed by atoms with Crippen LogP contribution >= 0.6 is 0 Å². The lowest BCUT2D eigenvalue weighted by molar-refractivity contribution is 0.0954. The molecule has 1 aromatic rings. The van der Waals surface area contributed by atoms with Crippen molar-refractivity contribution >= 4 is 15.9 Å². The molecule has 0 heterocycles. The molecule has 3 N–H and O–H groups in total. The lowest BCUT2D eigenvalue weighted by Crippen LogP contribution is -2.41. The maximum atomic E-state index is 12.1. The van der Waals surface area contributed by atoms with Gasteiger partial charge >= 0.3 is 0 Å². The number of hydrogen-bond acceptors (Lipinski definition) is 4. The van der Waals surface area contributed by atoms with E-state index in [0.717, 1.165) is 13.0 Å². The summed E-state index contributed by atoms with van der Waals surface area (Å²) in [6, 6.07) is 6.71. The number of benzene rings is 1. The molecule has 0 aromatic heterocycles. The molecule has 0 aliphatic rings. The first-order valence-corrected chi connectivity index (χ1v) is 9.88. The van der Waals surface area contributed by atoms with Crippen LogP contribution in [0.5, 0.6) is 0 Å². The van der Waals surface area contributed by atoms with Crippen molar-refractivity contribution in [2.45, 2.75) is 45.4 Å². The molecule has 0 saturated heterocycles. The number of hydrogen-bond donors (Lipinski definition) is 3. The Kier molecular flexibility index (Phi) is 7.86. The van der Waals surface area contributed by atoms with Gasteiger partial charge in [-0.2, -0.15) is 0 Å². The van der Waals surface area contributed by atoms with Crippen LogP contribution in [0.3, 0.4) is 0 Å². The third-order valence-electron chi connectivity index (χ3n) is 3.02. The van der Waals surface area contributed by atoms with Gasteiger partial charge in [0.1, 0.15) is 0 Å². The molecule has 0 aliphatic heterocycles. The van der Waals surface area contributed by atoms with E-state index in [2.05, 4.69) is 22.3 Å². The lowest BCUT2D eigenvalue weighted by Gasteiger charge is -2.20. The second-order valence-electron chi connectivity index (χ2n) is 6.82. The summed E-state index contributed by atoms with van der Waals surface area (Å²) >= 11 is 0. The van der Waals surface area contributed by atoms with E-state index in [0.29, 0.717) is 24.2 Å². The highest BCUT2D eigenvalue weighted by Crippen LogP contribution is 2.11. The quantitative estimate of drug-likeness (QED) is 0.588. The van der Waals surface area contributed by atoms with E-state index >= 15 is 0 Å². The molecule has 0 aliphatic carbocycles. The van der Waals surface area contributed by atoms with E-state index in [9.17, 15) is 13.2 Å². The molecule has 0 unspecified atom stereocenters. The van der Waals surface area contributed by atoms with Gasteiger partial charge < -0.3 is 10.6 Å². The Morgan fingerprint density at radius 3 is 2.46 bits per heavy atom. The van der Waals surface area contributed by atoms with Gasteiger partial charge in [-0.25, -0.2) is 13.1 Å². The second-order valence-corrected chi connectivity index (χ2v) is 8.54. The van der Waals surface area contributed by atoms with Crippen LogP contribution in [-0.4, -0.2) is 39.5 Å².